The van der Waals surface area contributed by atoms with E-state index in [0.717, 1.165) is 11.9 Å². The molecule has 0 amide bonds. The molecule has 1 aliphatic rings. The molecule has 1 fully saturated rings. The van der Waals surface area contributed by atoms with E-state index in [1.165, 1.54) is 18.6 Å². The van der Waals surface area contributed by atoms with E-state index in [4.69, 9.17) is 0 Å². The summed E-state index contributed by atoms with van der Waals surface area (Å²) in [6.45, 7) is 3.29. The average Bonchev–Trinajstić information content (AvgIpc) is 2.19. The lowest BCUT2D eigenvalue weighted by molar-refractivity contribution is 0.647. The van der Waals surface area contributed by atoms with E-state index in [0.29, 0.717) is 0 Å². The summed E-state index contributed by atoms with van der Waals surface area (Å²) in [7, 11) is 0. The first kappa shape index (κ1) is 6.43. The maximum absolute atomic E-state index is 3.41. The van der Waals surface area contributed by atoms with Crippen LogP contribution in [0.1, 0.15) is 19.8 Å². The van der Waals surface area contributed by atoms with Crippen LogP contribution in [0.5, 0.6) is 0 Å². The van der Waals surface area contributed by atoms with E-state index in [-0.39, 0.29) is 0 Å². The van der Waals surface area contributed by atoms with Gasteiger partial charge in [0.1, 0.15) is 0 Å². The Morgan fingerprint density at radius 3 is 3.12 bits per heavy atom. The van der Waals surface area contributed by atoms with Gasteiger partial charge in [-0.25, -0.2) is 0 Å². The summed E-state index contributed by atoms with van der Waals surface area (Å²) in [4.78, 5) is 0. The van der Waals surface area contributed by atoms with Gasteiger partial charge >= 0.3 is 0 Å². The molecule has 1 N–H and O–H groups in total. The third-order valence-electron chi connectivity index (χ3n) is 1.36. The molecule has 0 bridgehead atoms. The number of thioether (sulfide) groups is 1. The average molecular weight is 131 g/mol. The quantitative estimate of drug-likeness (QED) is 0.608. The molecular weight excluding hydrogens is 118 g/mol. The van der Waals surface area contributed by atoms with Crippen LogP contribution in [-0.2, 0) is 0 Å². The van der Waals surface area contributed by atoms with Gasteiger partial charge in [-0.3, -0.25) is 0 Å². The predicted molar refractivity (Wildman–Crippen MR) is 39.2 cm³/mol. The van der Waals surface area contributed by atoms with Crippen molar-refractivity contribution in [3.63, 3.8) is 0 Å². The van der Waals surface area contributed by atoms with Gasteiger partial charge in [0.25, 0.3) is 0 Å². The first-order chi connectivity index (χ1) is 3.93. The lowest BCUT2D eigenvalue weighted by Gasteiger charge is -2.06. The second kappa shape index (κ2) is 3.36. The molecule has 0 spiro atoms. The summed E-state index contributed by atoms with van der Waals surface area (Å²) >= 11 is 2.06. The van der Waals surface area contributed by atoms with Crippen molar-refractivity contribution in [3.05, 3.63) is 0 Å². The van der Waals surface area contributed by atoms with Crippen molar-refractivity contribution in [1.29, 1.82) is 0 Å². The van der Waals surface area contributed by atoms with Crippen LogP contribution in [0, 0.1) is 0 Å². The Hall–Kier alpha value is 0.310. The van der Waals surface area contributed by atoms with Crippen molar-refractivity contribution < 1.29 is 0 Å². The maximum atomic E-state index is 3.41. The fourth-order valence-corrected chi connectivity index (χ4v) is 2.20. The van der Waals surface area contributed by atoms with Crippen LogP contribution < -0.4 is 5.32 Å². The van der Waals surface area contributed by atoms with Crippen molar-refractivity contribution in [1.82, 2.24) is 5.32 Å². The molecule has 0 aromatic rings. The molecular formula is C6H13NS. The van der Waals surface area contributed by atoms with Gasteiger partial charge in [0, 0.05) is 0 Å². The molecule has 0 aromatic carbocycles. The van der Waals surface area contributed by atoms with Gasteiger partial charge in [0.15, 0.2) is 0 Å². The van der Waals surface area contributed by atoms with E-state index in [1.54, 1.807) is 0 Å². The van der Waals surface area contributed by atoms with Crippen LogP contribution in [-0.4, -0.2) is 17.7 Å². The molecule has 1 unspecified atom stereocenters. The van der Waals surface area contributed by atoms with Crippen molar-refractivity contribution >= 4 is 11.8 Å². The van der Waals surface area contributed by atoms with E-state index >= 15 is 0 Å². The lowest BCUT2D eigenvalue weighted by atomic mass is 10.3. The van der Waals surface area contributed by atoms with Gasteiger partial charge in [-0.2, -0.15) is 0 Å². The molecule has 0 aromatic heterocycles. The Bertz CT molecular complexity index is 59.5. The highest BCUT2D eigenvalue weighted by Crippen LogP contribution is 2.23. The Morgan fingerprint density at radius 1 is 1.75 bits per heavy atom. The lowest BCUT2D eigenvalue weighted by Crippen LogP contribution is -2.22. The van der Waals surface area contributed by atoms with E-state index < -0.39 is 0 Å². The fourth-order valence-electron chi connectivity index (χ4n) is 0.966. The second-order valence-corrected chi connectivity index (χ2v) is 3.37. The van der Waals surface area contributed by atoms with Gasteiger partial charge in [-0.05, 0) is 25.1 Å². The first-order valence-corrected chi connectivity index (χ1v) is 4.33. The van der Waals surface area contributed by atoms with Crippen molar-refractivity contribution in [2.75, 3.05) is 12.3 Å². The van der Waals surface area contributed by atoms with Gasteiger partial charge in [-0.1, -0.05) is 6.92 Å². The molecule has 2 heteroatoms. The molecule has 8 heavy (non-hydrogen) atoms. The molecule has 1 saturated heterocycles. The normalized spacial score (nSPS) is 28.9. The molecule has 0 radical (unpaired) electrons. The SMILES string of the molecule is CCNC1CCCS1. The van der Waals surface area contributed by atoms with Crippen LogP contribution in [0.4, 0.5) is 0 Å². The van der Waals surface area contributed by atoms with E-state index in [9.17, 15) is 0 Å². The summed E-state index contributed by atoms with van der Waals surface area (Å²) < 4.78 is 0. The summed E-state index contributed by atoms with van der Waals surface area (Å²) in [5, 5.41) is 4.19. The number of rotatable bonds is 2. The molecule has 0 saturated carbocycles. The summed E-state index contributed by atoms with van der Waals surface area (Å²) in [6.07, 6.45) is 2.78. The highest BCUT2D eigenvalue weighted by atomic mass is 32.2. The van der Waals surface area contributed by atoms with Crippen LogP contribution >= 0.6 is 11.8 Å². The van der Waals surface area contributed by atoms with Crippen LogP contribution in [0.25, 0.3) is 0 Å². The van der Waals surface area contributed by atoms with Gasteiger partial charge in [0.05, 0.1) is 5.37 Å². The maximum Gasteiger partial charge on any atom is 0.0532 e. The highest BCUT2D eigenvalue weighted by molar-refractivity contribution is 8.00. The van der Waals surface area contributed by atoms with Crippen molar-refractivity contribution in [2.45, 2.75) is 25.1 Å². The zero-order chi connectivity index (χ0) is 5.82. The Balaban J connectivity index is 2.06. The van der Waals surface area contributed by atoms with Crippen LogP contribution in [0.3, 0.4) is 0 Å². The number of hydrogen-bond acceptors (Lipinski definition) is 2. The van der Waals surface area contributed by atoms with Crippen molar-refractivity contribution in [3.8, 4) is 0 Å². The van der Waals surface area contributed by atoms with Crippen molar-refractivity contribution in [2.24, 2.45) is 0 Å². The summed E-state index contributed by atoms with van der Waals surface area (Å²) in [5.74, 6) is 1.36. The van der Waals surface area contributed by atoms with Gasteiger partial charge in [-0.15, -0.1) is 11.8 Å². The van der Waals surface area contributed by atoms with Crippen LogP contribution in [0.2, 0.25) is 0 Å². The first-order valence-electron chi connectivity index (χ1n) is 3.28. The minimum Gasteiger partial charge on any atom is -0.306 e. The van der Waals surface area contributed by atoms with Crippen LogP contribution in [0.15, 0.2) is 0 Å². The topological polar surface area (TPSA) is 12.0 Å². The minimum atomic E-state index is 0.778. The zero-order valence-electron chi connectivity index (χ0n) is 5.31. The molecule has 1 nitrogen and oxygen atoms in total. The number of nitrogens with one attached hydrogen (secondary N) is 1. The molecule has 1 heterocycles. The predicted octanol–water partition coefficient (Wildman–Crippen LogP) is 1.45. The second-order valence-electron chi connectivity index (χ2n) is 2.06. The third kappa shape index (κ3) is 1.67. The summed E-state index contributed by atoms with van der Waals surface area (Å²) in [5.41, 5.74) is 0. The highest BCUT2D eigenvalue weighted by Gasteiger charge is 2.12. The Kier molecular flexibility index (Phi) is 2.70. The van der Waals surface area contributed by atoms with E-state index in [1.807, 2.05) is 0 Å². The molecule has 1 aliphatic heterocycles. The molecule has 48 valence electrons. The smallest absolute Gasteiger partial charge is 0.0532 e. The minimum absolute atomic E-state index is 0.778. The van der Waals surface area contributed by atoms with E-state index in [2.05, 4.69) is 24.0 Å². The molecule has 1 atom stereocenters. The molecule has 1 rings (SSSR count). The Labute approximate surface area is 55.2 Å². The molecule has 0 aliphatic carbocycles. The summed E-state index contributed by atoms with van der Waals surface area (Å²) in [6, 6.07) is 0. The Morgan fingerprint density at radius 2 is 2.62 bits per heavy atom. The van der Waals surface area contributed by atoms with Gasteiger partial charge < -0.3 is 5.32 Å². The monoisotopic (exact) mass is 131 g/mol. The third-order valence-corrected chi connectivity index (χ3v) is 2.69. The number of hydrogen-bond donors (Lipinski definition) is 1. The standard InChI is InChI=1S/C6H13NS/c1-2-7-6-4-3-5-8-6/h6-7H,2-5H2,1H3. The fraction of sp³-hybridized carbons (Fsp3) is 1.00. The largest absolute Gasteiger partial charge is 0.306 e. The van der Waals surface area contributed by atoms with Gasteiger partial charge in [0.2, 0.25) is 0 Å². The zero-order valence-corrected chi connectivity index (χ0v) is 6.13.